The molecule has 0 bridgehead atoms. The first-order chi connectivity index (χ1) is 6.49. The molecule has 2 heteroatoms. The minimum atomic E-state index is -0.351. The van der Waals surface area contributed by atoms with Crippen molar-refractivity contribution in [2.45, 2.75) is 39.3 Å². The largest absolute Gasteiger partial charge is 0.309 e. The molecule has 14 heavy (non-hydrogen) atoms. The van der Waals surface area contributed by atoms with Crippen molar-refractivity contribution in [3.05, 3.63) is 0 Å². The highest BCUT2D eigenvalue weighted by atomic mass is 31.1. The Morgan fingerprint density at radius 2 is 1.86 bits per heavy atom. The van der Waals surface area contributed by atoms with Crippen LogP contribution in [0.3, 0.4) is 0 Å². The van der Waals surface area contributed by atoms with E-state index in [-0.39, 0.29) is 7.55 Å². The van der Waals surface area contributed by atoms with E-state index in [9.17, 15) is 0 Å². The summed E-state index contributed by atoms with van der Waals surface area (Å²) in [5.41, 5.74) is 0.905. The first-order valence-electron chi connectivity index (χ1n) is 5.81. The summed E-state index contributed by atoms with van der Waals surface area (Å²) in [6, 6.07) is 0. The van der Waals surface area contributed by atoms with E-state index in [1.807, 2.05) is 0 Å². The summed E-state index contributed by atoms with van der Waals surface area (Å²) in [5, 5.41) is 0. The smallest absolute Gasteiger partial charge is 0.00216 e. The summed E-state index contributed by atoms with van der Waals surface area (Å²) in [6.45, 7) is 8.22. The lowest BCUT2D eigenvalue weighted by Gasteiger charge is -2.23. The molecule has 0 heterocycles. The third-order valence-electron chi connectivity index (χ3n) is 2.87. The van der Waals surface area contributed by atoms with Crippen molar-refractivity contribution in [1.82, 2.24) is 4.90 Å². The molecule has 1 nitrogen and oxygen atoms in total. The Hall–Kier alpha value is 0.260. The average Bonchev–Trinajstić information content (AvgIpc) is 2.03. The topological polar surface area (TPSA) is 3.24 Å². The van der Waals surface area contributed by atoms with Crippen molar-refractivity contribution in [2.24, 2.45) is 5.92 Å². The molecular formula is C12H28NP. The van der Waals surface area contributed by atoms with Gasteiger partial charge in [-0.25, -0.2) is 0 Å². The van der Waals surface area contributed by atoms with Crippen LogP contribution in [0.25, 0.3) is 0 Å². The van der Waals surface area contributed by atoms with E-state index >= 15 is 0 Å². The fourth-order valence-electron chi connectivity index (χ4n) is 2.04. The Bertz CT molecular complexity index is 164. The van der Waals surface area contributed by atoms with Crippen molar-refractivity contribution in [3.63, 3.8) is 0 Å². The van der Waals surface area contributed by atoms with Crippen LogP contribution in [-0.4, -0.2) is 43.7 Å². The predicted octanol–water partition coefficient (Wildman–Crippen LogP) is 3.02. The third-order valence-corrected chi connectivity index (χ3v) is 5.99. The van der Waals surface area contributed by atoms with Crippen molar-refractivity contribution >= 4 is 13.8 Å². The maximum atomic E-state index is 4.41. The van der Waals surface area contributed by atoms with Gasteiger partial charge in [-0.1, -0.05) is 20.8 Å². The molecule has 0 radical (unpaired) electrons. The number of hydrogen-bond donors (Lipinski definition) is 0. The lowest BCUT2D eigenvalue weighted by Crippen LogP contribution is -2.15. The Balaban J connectivity index is 3.81. The fourth-order valence-corrected chi connectivity index (χ4v) is 4.54. The molecule has 2 atom stereocenters. The minimum Gasteiger partial charge on any atom is -0.309 e. The zero-order chi connectivity index (χ0) is 11.1. The van der Waals surface area contributed by atoms with E-state index < -0.39 is 0 Å². The zero-order valence-electron chi connectivity index (χ0n) is 10.6. The van der Waals surface area contributed by atoms with Crippen LogP contribution >= 0.6 is 7.55 Å². The van der Waals surface area contributed by atoms with Crippen LogP contribution < -0.4 is 0 Å². The lowest BCUT2D eigenvalue weighted by atomic mass is 10.1. The maximum absolute atomic E-state index is 4.41. The van der Waals surface area contributed by atoms with Crippen LogP contribution in [0.5, 0.6) is 0 Å². The normalized spacial score (nSPS) is 16.2. The summed E-state index contributed by atoms with van der Waals surface area (Å²) in [4.78, 5) is 2.27. The highest BCUT2D eigenvalue weighted by Crippen LogP contribution is 2.35. The molecule has 0 aromatic heterocycles. The van der Waals surface area contributed by atoms with E-state index in [2.05, 4.69) is 46.1 Å². The van der Waals surface area contributed by atoms with Gasteiger partial charge in [-0.3, -0.25) is 0 Å². The molecule has 0 aromatic rings. The van der Waals surface area contributed by atoms with E-state index in [1.54, 1.807) is 0 Å². The third kappa shape index (κ3) is 5.88. The van der Waals surface area contributed by atoms with Crippen LogP contribution in [0.2, 0.25) is 0 Å². The van der Waals surface area contributed by atoms with Crippen LogP contribution in [0.1, 0.15) is 33.6 Å². The molecule has 0 saturated carbocycles. The zero-order valence-corrected chi connectivity index (χ0v) is 11.6. The molecule has 0 aliphatic rings. The van der Waals surface area contributed by atoms with Crippen molar-refractivity contribution in [1.29, 1.82) is 0 Å². The van der Waals surface area contributed by atoms with Crippen LogP contribution in [0.15, 0.2) is 0 Å². The number of nitrogens with zero attached hydrogens (tertiary/aromatic N) is 1. The summed E-state index contributed by atoms with van der Waals surface area (Å²) < 4.78 is 0. The first kappa shape index (κ1) is 14.3. The SMILES string of the molecule is C=[PH](CCCN(C)C)C(CC)C(C)C. The average molecular weight is 217 g/mol. The first-order valence-corrected chi connectivity index (χ1v) is 7.80. The quantitative estimate of drug-likeness (QED) is 0.592. The Kier molecular flexibility index (Phi) is 7.68. The second-order valence-corrected chi connectivity index (χ2v) is 7.38. The van der Waals surface area contributed by atoms with Crippen LogP contribution in [0.4, 0.5) is 0 Å². The highest BCUT2D eigenvalue weighted by Gasteiger charge is 2.12. The molecule has 0 N–H and O–H groups in total. The monoisotopic (exact) mass is 217 g/mol. The summed E-state index contributed by atoms with van der Waals surface area (Å²) >= 11 is 0. The van der Waals surface area contributed by atoms with Gasteiger partial charge in [0.25, 0.3) is 0 Å². The van der Waals surface area contributed by atoms with E-state index in [4.69, 9.17) is 0 Å². The second-order valence-electron chi connectivity index (χ2n) is 4.82. The van der Waals surface area contributed by atoms with E-state index in [0.29, 0.717) is 0 Å². The van der Waals surface area contributed by atoms with Gasteiger partial charge in [0.15, 0.2) is 0 Å². The van der Waals surface area contributed by atoms with Gasteiger partial charge < -0.3 is 4.90 Å². The van der Waals surface area contributed by atoms with Gasteiger partial charge in [-0.15, -0.1) is 13.8 Å². The van der Waals surface area contributed by atoms with Crippen molar-refractivity contribution in [3.8, 4) is 0 Å². The second kappa shape index (κ2) is 7.54. The molecule has 0 fully saturated rings. The van der Waals surface area contributed by atoms with E-state index in [1.165, 1.54) is 25.5 Å². The molecule has 0 aliphatic heterocycles. The molecule has 86 valence electrons. The number of hydrogen-bond acceptors (Lipinski definition) is 1. The van der Waals surface area contributed by atoms with Gasteiger partial charge in [0.1, 0.15) is 0 Å². The lowest BCUT2D eigenvalue weighted by molar-refractivity contribution is 0.409. The Morgan fingerprint density at radius 1 is 1.29 bits per heavy atom. The van der Waals surface area contributed by atoms with Gasteiger partial charge in [0, 0.05) is 0 Å². The minimum absolute atomic E-state index is 0.351. The van der Waals surface area contributed by atoms with Crippen molar-refractivity contribution in [2.75, 3.05) is 26.8 Å². The van der Waals surface area contributed by atoms with Gasteiger partial charge in [0.2, 0.25) is 0 Å². The maximum Gasteiger partial charge on any atom is -0.00216 e. The van der Waals surface area contributed by atoms with E-state index in [0.717, 1.165) is 11.6 Å². The van der Waals surface area contributed by atoms with Crippen molar-refractivity contribution < 1.29 is 0 Å². The van der Waals surface area contributed by atoms with Gasteiger partial charge in [-0.05, 0) is 51.2 Å². The molecule has 2 unspecified atom stereocenters. The van der Waals surface area contributed by atoms with Gasteiger partial charge in [0.05, 0.1) is 0 Å². The summed E-state index contributed by atoms with van der Waals surface area (Å²) in [7, 11) is 3.95. The molecule has 0 aromatic carbocycles. The molecule has 0 rings (SSSR count). The molecule has 0 amide bonds. The van der Waals surface area contributed by atoms with Gasteiger partial charge >= 0.3 is 0 Å². The molecular weight excluding hydrogens is 189 g/mol. The summed E-state index contributed by atoms with van der Waals surface area (Å²) in [5.74, 6) is 0.825. The standard InChI is InChI=1S/C12H28NP/c1-7-12(11(2)3)14(6)10-8-9-13(4)5/h11-12,14H,6-10H2,1-5H3. The van der Waals surface area contributed by atoms with Gasteiger partial charge in [-0.2, -0.15) is 0 Å². The van der Waals surface area contributed by atoms with Crippen LogP contribution in [-0.2, 0) is 0 Å². The summed E-state index contributed by atoms with van der Waals surface area (Å²) in [6.07, 6.45) is 8.43. The number of rotatable bonds is 7. The molecule has 0 aliphatic carbocycles. The van der Waals surface area contributed by atoms with Crippen LogP contribution in [0, 0.1) is 5.92 Å². The highest BCUT2D eigenvalue weighted by molar-refractivity contribution is 7.56. The Labute approximate surface area is 91.3 Å². The molecule has 0 saturated heterocycles. The fraction of sp³-hybridized carbons (Fsp3) is 0.917. The Morgan fingerprint density at radius 3 is 2.21 bits per heavy atom. The predicted molar refractivity (Wildman–Crippen MR) is 72.4 cm³/mol. The molecule has 0 spiro atoms.